The van der Waals surface area contributed by atoms with Crippen LogP contribution >= 0.6 is 0 Å². The van der Waals surface area contributed by atoms with E-state index in [0.717, 1.165) is 5.45 Å². The fraction of sp³-hybridized carbons (Fsp3) is 0.333. The fourth-order valence-electron chi connectivity index (χ4n) is 0.488. The van der Waals surface area contributed by atoms with Crippen LogP contribution in [0.25, 0.3) is 0 Å². The smallest absolute Gasteiger partial charge is 0.164 e. The molecular formula is C6H9N3Si. The molecule has 4 heteroatoms. The number of hydrogen-bond donors (Lipinski definition) is 1. The first-order chi connectivity index (χ1) is 4.79. The zero-order valence-electron chi connectivity index (χ0n) is 6.05. The van der Waals surface area contributed by atoms with Gasteiger partial charge in [0.05, 0.1) is 0 Å². The van der Waals surface area contributed by atoms with Crippen LogP contribution in [0.4, 0.5) is 0 Å². The number of hydrogen-bond acceptors (Lipinski definition) is 2. The summed E-state index contributed by atoms with van der Waals surface area (Å²) in [6, 6.07) is 0. The van der Waals surface area contributed by atoms with Crippen molar-refractivity contribution in [3.63, 3.8) is 0 Å². The molecule has 1 rings (SSSR count). The van der Waals surface area contributed by atoms with Crippen molar-refractivity contribution >= 4 is 15.0 Å². The standard InChI is InChI=1S/C6H9N3Si/c1-5(2)3-10-6-7-4-8-9-6/h3-4H,1-2H3,(H,7,8,9). The molecule has 0 aliphatic heterocycles. The number of nitrogens with zero attached hydrogens (tertiary/aromatic N) is 2. The van der Waals surface area contributed by atoms with Crippen molar-refractivity contribution in [3.8, 4) is 0 Å². The Morgan fingerprint density at radius 1 is 1.70 bits per heavy atom. The lowest BCUT2D eigenvalue weighted by molar-refractivity contribution is 1.11. The van der Waals surface area contributed by atoms with Gasteiger partial charge in [-0.15, -0.1) is 0 Å². The van der Waals surface area contributed by atoms with Gasteiger partial charge in [-0.3, -0.25) is 5.10 Å². The molecule has 0 unspecified atom stereocenters. The lowest BCUT2D eigenvalue weighted by Crippen LogP contribution is -2.16. The largest absolute Gasteiger partial charge is 0.268 e. The van der Waals surface area contributed by atoms with Crippen LogP contribution < -0.4 is 5.45 Å². The summed E-state index contributed by atoms with van der Waals surface area (Å²) in [7, 11) is 0.618. The molecule has 0 aliphatic carbocycles. The Kier molecular flexibility index (Phi) is 2.39. The molecule has 0 aromatic carbocycles. The average molecular weight is 151 g/mol. The van der Waals surface area contributed by atoms with Gasteiger partial charge in [-0.05, 0) is 13.8 Å². The zero-order chi connectivity index (χ0) is 7.40. The van der Waals surface area contributed by atoms with Crippen molar-refractivity contribution in [2.24, 2.45) is 0 Å². The van der Waals surface area contributed by atoms with Crippen molar-refractivity contribution in [3.05, 3.63) is 17.6 Å². The van der Waals surface area contributed by atoms with Gasteiger partial charge in [0.25, 0.3) is 0 Å². The number of nitrogens with one attached hydrogen (secondary N) is 1. The predicted molar refractivity (Wildman–Crippen MR) is 41.2 cm³/mol. The summed E-state index contributed by atoms with van der Waals surface area (Å²) >= 11 is 0. The minimum atomic E-state index is 0.618. The Hall–Kier alpha value is -0.903. The third-order valence-corrected chi connectivity index (χ3v) is 2.15. The Morgan fingerprint density at radius 3 is 3.00 bits per heavy atom. The van der Waals surface area contributed by atoms with E-state index >= 15 is 0 Å². The van der Waals surface area contributed by atoms with Crippen molar-refractivity contribution in [2.75, 3.05) is 0 Å². The molecule has 1 aromatic heterocycles. The maximum absolute atomic E-state index is 3.99. The monoisotopic (exact) mass is 151 g/mol. The second-order valence-electron chi connectivity index (χ2n) is 2.20. The molecule has 0 spiro atoms. The molecular weight excluding hydrogens is 142 g/mol. The normalized spacial score (nSPS) is 9.40. The maximum atomic E-state index is 3.99. The summed E-state index contributed by atoms with van der Waals surface area (Å²) in [6.45, 7) is 4.15. The van der Waals surface area contributed by atoms with Gasteiger partial charge in [0.15, 0.2) is 9.52 Å². The summed E-state index contributed by atoms with van der Waals surface area (Å²) in [6.07, 6.45) is 1.53. The zero-order valence-corrected chi connectivity index (χ0v) is 7.05. The summed E-state index contributed by atoms with van der Waals surface area (Å²) in [5.74, 6) is 0. The van der Waals surface area contributed by atoms with Crippen molar-refractivity contribution < 1.29 is 0 Å². The van der Waals surface area contributed by atoms with Gasteiger partial charge in [-0.2, -0.15) is 5.10 Å². The highest BCUT2D eigenvalue weighted by Gasteiger charge is 1.91. The lowest BCUT2D eigenvalue weighted by atomic mass is 10.4. The minimum absolute atomic E-state index is 0.618. The molecule has 0 saturated heterocycles. The third-order valence-electron chi connectivity index (χ3n) is 0.913. The first kappa shape index (κ1) is 7.21. The van der Waals surface area contributed by atoms with Crippen LogP contribution in [0.2, 0.25) is 0 Å². The van der Waals surface area contributed by atoms with Gasteiger partial charge in [0, 0.05) is 0 Å². The Balaban J connectivity index is 2.49. The molecule has 1 N–H and O–H groups in total. The van der Waals surface area contributed by atoms with E-state index in [1.54, 1.807) is 0 Å². The molecule has 0 atom stereocenters. The quantitative estimate of drug-likeness (QED) is 0.607. The molecule has 10 heavy (non-hydrogen) atoms. The van der Waals surface area contributed by atoms with Gasteiger partial charge >= 0.3 is 0 Å². The molecule has 1 aromatic rings. The summed E-state index contributed by atoms with van der Waals surface area (Å²) in [4.78, 5) is 3.99. The predicted octanol–water partition coefficient (Wildman–Crippen LogP) is 0.0579. The highest BCUT2D eigenvalue weighted by molar-refractivity contribution is 6.56. The van der Waals surface area contributed by atoms with Crippen molar-refractivity contribution in [1.29, 1.82) is 0 Å². The lowest BCUT2D eigenvalue weighted by Gasteiger charge is -1.85. The van der Waals surface area contributed by atoms with Gasteiger partial charge in [0.1, 0.15) is 11.8 Å². The van der Waals surface area contributed by atoms with Crippen molar-refractivity contribution in [1.82, 2.24) is 15.2 Å². The van der Waals surface area contributed by atoms with Crippen LogP contribution in [-0.4, -0.2) is 24.7 Å². The van der Waals surface area contributed by atoms with E-state index in [4.69, 9.17) is 0 Å². The van der Waals surface area contributed by atoms with Gasteiger partial charge in [-0.25, -0.2) is 4.98 Å². The molecule has 0 bridgehead atoms. The highest BCUT2D eigenvalue weighted by atomic mass is 28.2. The van der Waals surface area contributed by atoms with E-state index in [2.05, 4.69) is 34.7 Å². The summed E-state index contributed by atoms with van der Waals surface area (Å²) in [5, 5.41) is 6.54. The van der Waals surface area contributed by atoms with Gasteiger partial charge < -0.3 is 0 Å². The van der Waals surface area contributed by atoms with E-state index in [-0.39, 0.29) is 0 Å². The summed E-state index contributed by atoms with van der Waals surface area (Å²) < 4.78 is 0. The van der Waals surface area contributed by atoms with Gasteiger partial charge in [-0.1, -0.05) is 11.3 Å². The molecule has 0 saturated carbocycles. The number of rotatable bonds is 2. The van der Waals surface area contributed by atoms with Crippen molar-refractivity contribution in [2.45, 2.75) is 13.8 Å². The first-order valence-electron chi connectivity index (χ1n) is 3.04. The topological polar surface area (TPSA) is 41.6 Å². The Bertz CT molecular complexity index is 211. The first-order valence-corrected chi connectivity index (χ1v) is 4.12. The SMILES string of the molecule is CC(C)=C[Si]c1ncn[nH]1. The molecule has 52 valence electrons. The van der Waals surface area contributed by atoms with E-state index in [0.29, 0.717) is 9.52 Å². The maximum Gasteiger partial charge on any atom is 0.164 e. The summed E-state index contributed by atoms with van der Waals surface area (Å²) in [5.41, 5.74) is 4.40. The molecule has 1 heterocycles. The molecule has 0 fully saturated rings. The second-order valence-corrected chi connectivity index (χ2v) is 3.25. The van der Waals surface area contributed by atoms with Gasteiger partial charge in [0.2, 0.25) is 0 Å². The average Bonchev–Trinajstić information content (AvgIpc) is 2.34. The van der Waals surface area contributed by atoms with Crippen LogP contribution in [0.5, 0.6) is 0 Å². The van der Waals surface area contributed by atoms with Crippen LogP contribution in [0.15, 0.2) is 17.6 Å². The molecule has 2 radical (unpaired) electrons. The van der Waals surface area contributed by atoms with E-state index < -0.39 is 0 Å². The van der Waals surface area contributed by atoms with E-state index in [1.807, 2.05) is 0 Å². The van der Waals surface area contributed by atoms with Crippen LogP contribution in [0.3, 0.4) is 0 Å². The van der Waals surface area contributed by atoms with Crippen LogP contribution in [0.1, 0.15) is 13.8 Å². The minimum Gasteiger partial charge on any atom is -0.268 e. The Morgan fingerprint density at radius 2 is 2.50 bits per heavy atom. The number of aromatic nitrogens is 3. The van der Waals surface area contributed by atoms with E-state index in [1.165, 1.54) is 11.9 Å². The second kappa shape index (κ2) is 3.31. The number of allylic oxidation sites excluding steroid dienone is 1. The number of aromatic amines is 1. The molecule has 0 amide bonds. The van der Waals surface area contributed by atoms with Crippen LogP contribution in [-0.2, 0) is 0 Å². The van der Waals surface area contributed by atoms with E-state index in [9.17, 15) is 0 Å². The molecule has 3 nitrogen and oxygen atoms in total. The highest BCUT2D eigenvalue weighted by Crippen LogP contribution is 1.83. The fourth-order valence-corrected chi connectivity index (χ4v) is 1.17. The third kappa shape index (κ3) is 2.14. The molecule has 0 aliphatic rings. The number of H-pyrrole nitrogens is 1. The van der Waals surface area contributed by atoms with Crippen LogP contribution in [0, 0.1) is 0 Å². The Labute approximate surface area is 62.4 Å².